The zero-order valence-corrected chi connectivity index (χ0v) is 13.7. The summed E-state index contributed by atoms with van der Waals surface area (Å²) in [7, 11) is 0. The molecule has 1 aromatic heterocycles. The van der Waals surface area contributed by atoms with E-state index >= 15 is 0 Å². The van der Waals surface area contributed by atoms with Crippen molar-refractivity contribution in [2.24, 2.45) is 0 Å². The number of halogens is 1. The molecule has 0 radical (unpaired) electrons. The van der Waals surface area contributed by atoms with Crippen molar-refractivity contribution < 1.29 is 9.18 Å². The van der Waals surface area contributed by atoms with E-state index in [1.807, 2.05) is 24.3 Å². The normalized spacial score (nSPS) is 20.5. The smallest absolute Gasteiger partial charge is 0.238 e. The first kappa shape index (κ1) is 15.8. The van der Waals surface area contributed by atoms with Crippen LogP contribution in [0.2, 0.25) is 0 Å². The van der Waals surface area contributed by atoms with E-state index in [-0.39, 0.29) is 11.7 Å². The van der Waals surface area contributed by atoms with Crippen LogP contribution in [0.25, 0.3) is 11.0 Å². The molecule has 4 rings (SSSR count). The highest BCUT2D eigenvalue weighted by Crippen LogP contribution is 2.33. The van der Waals surface area contributed by atoms with Gasteiger partial charge >= 0.3 is 0 Å². The van der Waals surface area contributed by atoms with Crippen LogP contribution in [0.4, 0.5) is 10.3 Å². The summed E-state index contributed by atoms with van der Waals surface area (Å²) in [6.07, 6.45) is 1.59. The van der Waals surface area contributed by atoms with Gasteiger partial charge in [0.1, 0.15) is 5.82 Å². The van der Waals surface area contributed by atoms with Crippen molar-refractivity contribution in [3.05, 3.63) is 59.9 Å². The molecular weight excluding hydrogens is 319 g/mol. The Kier molecular flexibility index (Phi) is 3.97. The van der Waals surface area contributed by atoms with Crippen molar-refractivity contribution in [1.82, 2.24) is 15.3 Å². The second kappa shape index (κ2) is 6.29. The molecule has 1 fully saturated rings. The molecule has 25 heavy (non-hydrogen) atoms. The fourth-order valence-electron chi connectivity index (χ4n) is 3.48. The summed E-state index contributed by atoms with van der Waals surface area (Å²) in [5.41, 5.74) is 1.76. The maximum atomic E-state index is 13.3. The van der Waals surface area contributed by atoms with Gasteiger partial charge < -0.3 is 10.3 Å². The summed E-state index contributed by atoms with van der Waals surface area (Å²) < 4.78 is 13.3. The largest absolute Gasteiger partial charge is 0.324 e. The third-order valence-corrected chi connectivity index (χ3v) is 4.84. The van der Waals surface area contributed by atoms with Crippen molar-refractivity contribution in [3.8, 4) is 0 Å². The van der Waals surface area contributed by atoms with E-state index < -0.39 is 5.41 Å². The average molecular weight is 338 g/mol. The predicted molar refractivity (Wildman–Crippen MR) is 94.9 cm³/mol. The lowest BCUT2D eigenvalue weighted by Crippen LogP contribution is -2.51. The molecule has 3 aromatic rings. The number of benzene rings is 2. The van der Waals surface area contributed by atoms with Crippen LogP contribution in [0.1, 0.15) is 18.4 Å². The number of rotatable bonds is 3. The maximum absolute atomic E-state index is 13.3. The first-order chi connectivity index (χ1) is 12.2. The zero-order chi connectivity index (χ0) is 17.3. The number of carbonyl (C=O) groups excluding carboxylic acids is 1. The van der Waals surface area contributed by atoms with E-state index in [1.165, 1.54) is 12.1 Å². The number of carbonyl (C=O) groups is 1. The molecule has 1 aliphatic rings. The van der Waals surface area contributed by atoms with Crippen molar-refractivity contribution in [2.75, 3.05) is 18.4 Å². The summed E-state index contributed by atoms with van der Waals surface area (Å²) in [4.78, 5) is 20.7. The quantitative estimate of drug-likeness (QED) is 0.688. The van der Waals surface area contributed by atoms with Gasteiger partial charge in [-0.15, -0.1) is 0 Å². The van der Waals surface area contributed by atoms with Crippen molar-refractivity contribution in [3.63, 3.8) is 0 Å². The van der Waals surface area contributed by atoms with Crippen molar-refractivity contribution in [1.29, 1.82) is 0 Å². The van der Waals surface area contributed by atoms with Crippen LogP contribution in [0.3, 0.4) is 0 Å². The highest BCUT2D eigenvalue weighted by Gasteiger charge is 2.41. The number of amides is 1. The Hall–Kier alpha value is -2.73. The van der Waals surface area contributed by atoms with Crippen LogP contribution in [0.5, 0.6) is 0 Å². The number of fused-ring (bicyclic) bond motifs is 1. The second-order valence-corrected chi connectivity index (χ2v) is 6.43. The summed E-state index contributed by atoms with van der Waals surface area (Å²) in [5.74, 6) is -0.0102. The summed E-state index contributed by atoms with van der Waals surface area (Å²) in [6.45, 7) is 1.39. The first-order valence-electron chi connectivity index (χ1n) is 8.40. The van der Waals surface area contributed by atoms with Crippen LogP contribution in [0.15, 0.2) is 48.5 Å². The lowest BCUT2D eigenvalue weighted by molar-refractivity contribution is -0.122. The molecule has 2 aromatic carbocycles. The number of nitrogens with zero attached hydrogens (tertiary/aromatic N) is 1. The molecule has 0 spiro atoms. The highest BCUT2D eigenvalue weighted by molar-refractivity contribution is 5.99. The minimum Gasteiger partial charge on any atom is -0.324 e. The lowest BCUT2D eigenvalue weighted by Gasteiger charge is -2.36. The molecule has 128 valence electrons. The van der Waals surface area contributed by atoms with Gasteiger partial charge in [-0.25, -0.2) is 9.37 Å². The lowest BCUT2D eigenvalue weighted by atomic mass is 9.74. The molecule has 1 aliphatic heterocycles. The Morgan fingerprint density at radius 2 is 1.96 bits per heavy atom. The number of piperidine rings is 1. The van der Waals surface area contributed by atoms with Crippen LogP contribution < -0.4 is 10.6 Å². The number of hydrogen-bond acceptors (Lipinski definition) is 3. The molecule has 1 amide bonds. The molecule has 1 atom stereocenters. The van der Waals surface area contributed by atoms with Crippen LogP contribution in [0, 0.1) is 5.82 Å². The number of para-hydroxylation sites is 2. The van der Waals surface area contributed by atoms with E-state index in [1.54, 1.807) is 12.1 Å². The Morgan fingerprint density at radius 1 is 1.16 bits per heavy atom. The minimum atomic E-state index is -0.731. The SMILES string of the molecule is O=C(Nc1nc2ccccc2[nH]1)[C@@]1(c2ccc(F)cc2)CCCNC1. The maximum Gasteiger partial charge on any atom is 0.238 e. The molecular formula is C19H19FN4O. The number of aromatic amines is 1. The summed E-state index contributed by atoms with van der Waals surface area (Å²) >= 11 is 0. The van der Waals surface area contributed by atoms with Gasteiger partial charge in [0.15, 0.2) is 0 Å². The van der Waals surface area contributed by atoms with E-state index in [4.69, 9.17) is 0 Å². The minimum absolute atomic E-state index is 0.134. The first-order valence-corrected chi connectivity index (χ1v) is 8.40. The number of nitrogens with one attached hydrogen (secondary N) is 3. The van der Waals surface area contributed by atoms with Gasteiger partial charge in [0.05, 0.1) is 16.4 Å². The Bertz CT molecular complexity index is 864. The predicted octanol–water partition coefficient (Wildman–Crippen LogP) is 2.96. The van der Waals surface area contributed by atoms with Gasteiger partial charge in [0.25, 0.3) is 0 Å². The number of anilines is 1. The molecule has 1 saturated heterocycles. The highest BCUT2D eigenvalue weighted by atomic mass is 19.1. The Labute approximate surface area is 144 Å². The summed E-state index contributed by atoms with van der Waals surface area (Å²) in [6, 6.07) is 13.8. The van der Waals surface area contributed by atoms with Crippen molar-refractivity contribution in [2.45, 2.75) is 18.3 Å². The Balaban J connectivity index is 1.66. The van der Waals surface area contributed by atoms with Gasteiger partial charge in [-0.05, 0) is 49.2 Å². The number of hydrogen-bond donors (Lipinski definition) is 3. The van der Waals surface area contributed by atoms with E-state index in [0.29, 0.717) is 18.9 Å². The van der Waals surface area contributed by atoms with E-state index in [2.05, 4.69) is 20.6 Å². The molecule has 0 aliphatic carbocycles. The monoisotopic (exact) mass is 338 g/mol. The third-order valence-electron chi connectivity index (χ3n) is 4.84. The van der Waals surface area contributed by atoms with Crippen LogP contribution in [-0.2, 0) is 10.2 Å². The molecule has 6 heteroatoms. The molecule has 0 saturated carbocycles. The number of aromatic nitrogens is 2. The molecule has 0 bridgehead atoms. The van der Waals surface area contributed by atoms with Crippen LogP contribution >= 0.6 is 0 Å². The van der Waals surface area contributed by atoms with Gasteiger partial charge in [0, 0.05) is 6.54 Å². The van der Waals surface area contributed by atoms with Crippen molar-refractivity contribution >= 4 is 22.9 Å². The van der Waals surface area contributed by atoms with E-state index in [9.17, 15) is 9.18 Å². The van der Waals surface area contributed by atoms with Gasteiger partial charge in [-0.3, -0.25) is 10.1 Å². The zero-order valence-electron chi connectivity index (χ0n) is 13.7. The van der Waals surface area contributed by atoms with Gasteiger partial charge in [-0.2, -0.15) is 0 Å². The fourth-order valence-corrected chi connectivity index (χ4v) is 3.48. The van der Waals surface area contributed by atoms with Crippen LogP contribution in [-0.4, -0.2) is 29.0 Å². The molecule has 3 N–H and O–H groups in total. The molecule has 0 unspecified atom stereocenters. The fraction of sp³-hybridized carbons (Fsp3) is 0.263. The standard InChI is InChI=1S/C19H19FN4O/c20-14-8-6-13(7-9-14)19(10-3-11-21-12-19)17(25)24-18-22-15-4-1-2-5-16(15)23-18/h1-2,4-9,21H,3,10-12H2,(H2,22,23,24,25)/t19-/m0/s1. The topological polar surface area (TPSA) is 69.8 Å². The number of imidazole rings is 1. The molecule has 2 heterocycles. The number of H-pyrrole nitrogens is 1. The van der Waals surface area contributed by atoms with Gasteiger partial charge in [-0.1, -0.05) is 24.3 Å². The summed E-state index contributed by atoms with van der Waals surface area (Å²) in [5, 5.41) is 6.21. The third kappa shape index (κ3) is 2.89. The Morgan fingerprint density at radius 3 is 2.68 bits per heavy atom. The van der Waals surface area contributed by atoms with Gasteiger partial charge in [0.2, 0.25) is 11.9 Å². The second-order valence-electron chi connectivity index (χ2n) is 6.43. The average Bonchev–Trinajstić information content (AvgIpc) is 3.05. The van der Waals surface area contributed by atoms with E-state index in [0.717, 1.165) is 29.6 Å². The molecule has 5 nitrogen and oxygen atoms in total.